The van der Waals surface area contributed by atoms with Crippen molar-refractivity contribution in [1.29, 1.82) is 0 Å². The molecule has 2 heteroatoms. The molecule has 0 N–H and O–H groups in total. The SMILES string of the molecule is CC(=O)c1ccc2c(c1C)C(C)(C)C(C)C(C)(C)S2. The van der Waals surface area contributed by atoms with Gasteiger partial charge in [-0.05, 0) is 42.4 Å². The van der Waals surface area contributed by atoms with Crippen molar-refractivity contribution in [3.8, 4) is 0 Å². The molecular formula is C17H24OS. The third kappa shape index (κ3) is 2.14. The fraction of sp³-hybridized carbons (Fsp3) is 0.588. The van der Waals surface area contributed by atoms with Gasteiger partial charge in [0.15, 0.2) is 5.78 Å². The summed E-state index contributed by atoms with van der Waals surface area (Å²) in [6, 6.07) is 4.13. The molecule has 0 aromatic heterocycles. The van der Waals surface area contributed by atoms with E-state index in [1.807, 2.05) is 17.8 Å². The van der Waals surface area contributed by atoms with Crippen LogP contribution in [-0.4, -0.2) is 10.5 Å². The average Bonchev–Trinajstić information content (AvgIpc) is 2.25. The minimum absolute atomic E-state index is 0.0969. The molecule has 1 aromatic carbocycles. The number of carbonyl (C=O) groups is 1. The van der Waals surface area contributed by atoms with E-state index in [2.05, 4.69) is 47.6 Å². The van der Waals surface area contributed by atoms with Crippen LogP contribution >= 0.6 is 11.8 Å². The summed E-state index contributed by atoms with van der Waals surface area (Å²) in [7, 11) is 0. The molecule has 1 atom stereocenters. The maximum atomic E-state index is 11.8. The molecule has 0 fully saturated rings. The summed E-state index contributed by atoms with van der Waals surface area (Å²) in [5, 5.41) is 0. The Morgan fingerprint density at radius 3 is 2.32 bits per heavy atom. The molecule has 1 unspecified atom stereocenters. The van der Waals surface area contributed by atoms with Crippen LogP contribution < -0.4 is 0 Å². The van der Waals surface area contributed by atoms with Gasteiger partial charge in [0, 0.05) is 15.2 Å². The predicted molar refractivity (Wildman–Crippen MR) is 83.3 cm³/mol. The highest BCUT2D eigenvalue weighted by molar-refractivity contribution is 8.00. The molecule has 104 valence electrons. The fourth-order valence-corrected chi connectivity index (χ4v) is 5.10. The van der Waals surface area contributed by atoms with Gasteiger partial charge in [0.05, 0.1) is 0 Å². The number of rotatable bonds is 1. The van der Waals surface area contributed by atoms with Crippen LogP contribution in [0.4, 0.5) is 0 Å². The molecule has 0 saturated heterocycles. The van der Waals surface area contributed by atoms with Crippen molar-refractivity contribution < 1.29 is 4.79 Å². The maximum Gasteiger partial charge on any atom is 0.160 e. The smallest absolute Gasteiger partial charge is 0.160 e. The Morgan fingerprint density at radius 1 is 1.21 bits per heavy atom. The molecule has 1 aliphatic rings. The minimum atomic E-state index is 0.0969. The second-order valence-electron chi connectivity index (χ2n) is 6.82. The second-order valence-corrected chi connectivity index (χ2v) is 8.51. The molecule has 0 aliphatic carbocycles. The average molecular weight is 276 g/mol. The maximum absolute atomic E-state index is 11.8. The zero-order valence-corrected chi connectivity index (χ0v) is 13.9. The topological polar surface area (TPSA) is 17.1 Å². The Hall–Kier alpha value is -0.760. The molecule has 1 heterocycles. The van der Waals surface area contributed by atoms with Gasteiger partial charge in [0.25, 0.3) is 0 Å². The Balaban J connectivity index is 2.73. The van der Waals surface area contributed by atoms with Gasteiger partial charge in [-0.3, -0.25) is 4.79 Å². The van der Waals surface area contributed by atoms with Gasteiger partial charge in [0.2, 0.25) is 0 Å². The summed E-state index contributed by atoms with van der Waals surface area (Å²) in [6.45, 7) is 15.4. The van der Waals surface area contributed by atoms with Crippen molar-refractivity contribution >= 4 is 17.5 Å². The summed E-state index contributed by atoms with van der Waals surface area (Å²) < 4.78 is 0.223. The first kappa shape index (κ1) is 14.6. The van der Waals surface area contributed by atoms with Crippen molar-refractivity contribution in [2.45, 2.75) is 63.5 Å². The number of hydrogen-bond donors (Lipinski definition) is 0. The van der Waals surface area contributed by atoms with E-state index in [4.69, 9.17) is 0 Å². The second kappa shape index (κ2) is 4.37. The highest BCUT2D eigenvalue weighted by Crippen LogP contribution is 2.55. The van der Waals surface area contributed by atoms with Crippen LogP contribution in [-0.2, 0) is 5.41 Å². The first-order valence-corrected chi connectivity index (χ1v) is 7.74. The number of thioether (sulfide) groups is 1. The third-order valence-electron chi connectivity index (χ3n) is 4.95. The number of fused-ring (bicyclic) bond motifs is 1. The monoisotopic (exact) mass is 276 g/mol. The predicted octanol–water partition coefficient (Wildman–Crippen LogP) is 5.00. The first-order valence-electron chi connectivity index (χ1n) is 6.93. The van der Waals surface area contributed by atoms with Gasteiger partial charge >= 0.3 is 0 Å². The van der Waals surface area contributed by atoms with E-state index in [1.165, 1.54) is 16.0 Å². The lowest BCUT2D eigenvalue weighted by molar-refractivity contribution is 0.101. The standard InChI is InChI=1S/C17H24OS/c1-10-13(11(2)18)8-9-14-15(10)16(4,5)12(3)17(6,7)19-14/h8-9,12H,1-7H3. The lowest BCUT2D eigenvalue weighted by Crippen LogP contribution is -2.44. The van der Waals surface area contributed by atoms with Crippen molar-refractivity contribution in [2.24, 2.45) is 5.92 Å². The summed E-state index contributed by atoms with van der Waals surface area (Å²) in [4.78, 5) is 13.1. The van der Waals surface area contributed by atoms with E-state index in [-0.39, 0.29) is 15.9 Å². The molecule has 19 heavy (non-hydrogen) atoms. The van der Waals surface area contributed by atoms with Gasteiger partial charge in [-0.15, -0.1) is 11.8 Å². The quantitative estimate of drug-likeness (QED) is 0.672. The minimum Gasteiger partial charge on any atom is -0.295 e. The van der Waals surface area contributed by atoms with E-state index in [1.54, 1.807) is 6.92 Å². The molecule has 0 bridgehead atoms. The summed E-state index contributed by atoms with van der Waals surface area (Å²) in [5.74, 6) is 0.719. The lowest BCUT2D eigenvalue weighted by Gasteiger charge is -2.49. The fourth-order valence-electron chi connectivity index (χ4n) is 3.41. The largest absolute Gasteiger partial charge is 0.295 e. The number of carbonyl (C=O) groups excluding carboxylic acids is 1. The van der Waals surface area contributed by atoms with Crippen molar-refractivity contribution in [3.05, 3.63) is 28.8 Å². The normalized spacial score (nSPS) is 23.8. The summed E-state index contributed by atoms with van der Waals surface area (Å²) >= 11 is 1.95. The molecule has 1 aromatic rings. The lowest BCUT2D eigenvalue weighted by atomic mass is 9.67. The van der Waals surface area contributed by atoms with Crippen LogP contribution in [0, 0.1) is 12.8 Å². The van der Waals surface area contributed by atoms with Crippen LogP contribution in [0.3, 0.4) is 0 Å². The van der Waals surface area contributed by atoms with E-state index in [0.29, 0.717) is 5.92 Å². The van der Waals surface area contributed by atoms with Gasteiger partial charge < -0.3 is 0 Å². The highest BCUT2D eigenvalue weighted by atomic mass is 32.2. The van der Waals surface area contributed by atoms with Gasteiger partial charge in [-0.25, -0.2) is 0 Å². The van der Waals surface area contributed by atoms with Gasteiger partial charge in [-0.1, -0.05) is 40.7 Å². The van der Waals surface area contributed by atoms with Crippen LogP contribution in [0.2, 0.25) is 0 Å². The van der Waals surface area contributed by atoms with Crippen molar-refractivity contribution in [1.82, 2.24) is 0 Å². The highest BCUT2D eigenvalue weighted by Gasteiger charge is 2.45. The Labute approximate surface area is 121 Å². The summed E-state index contributed by atoms with van der Waals surface area (Å²) in [6.07, 6.45) is 0. The number of benzene rings is 1. The van der Waals surface area contributed by atoms with E-state index < -0.39 is 0 Å². The van der Waals surface area contributed by atoms with E-state index in [9.17, 15) is 4.79 Å². The van der Waals surface area contributed by atoms with Crippen LogP contribution in [0.1, 0.15) is 63.0 Å². The van der Waals surface area contributed by atoms with Crippen molar-refractivity contribution in [2.75, 3.05) is 0 Å². The van der Waals surface area contributed by atoms with Crippen LogP contribution in [0.15, 0.2) is 17.0 Å². The Bertz CT molecular complexity index is 540. The van der Waals surface area contributed by atoms with E-state index in [0.717, 1.165) is 5.56 Å². The molecule has 0 saturated carbocycles. The number of hydrogen-bond acceptors (Lipinski definition) is 2. The van der Waals surface area contributed by atoms with Crippen LogP contribution in [0.5, 0.6) is 0 Å². The molecule has 1 nitrogen and oxygen atoms in total. The zero-order valence-electron chi connectivity index (χ0n) is 13.0. The van der Waals surface area contributed by atoms with E-state index >= 15 is 0 Å². The molecule has 2 rings (SSSR count). The molecule has 0 spiro atoms. The molecule has 1 aliphatic heterocycles. The van der Waals surface area contributed by atoms with Crippen molar-refractivity contribution in [3.63, 3.8) is 0 Å². The molecule has 0 radical (unpaired) electrons. The Morgan fingerprint density at radius 2 is 1.79 bits per heavy atom. The number of ketones is 1. The summed E-state index contributed by atoms with van der Waals surface area (Å²) in [5.41, 5.74) is 3.51. The van der Waals surface area contributed by atoms with Crippen LogP contribution in [0.25, 0.3) is 0 Å². The zero-order chi connectivity index (χ0) is 14.6. The Kier molecular flexibility index (Phi) is 3.37. The third-order valence-corrected chi connectivity index (χ3v) is 6.39. The first-order chi connectivity index (χ1) is 8.59. The number of Topliss-reactive ketones (excluding diaryl/α,β-unsaturated/α-hetero) is 1. The van der Waals surface area contributed by atoms with Gasteiger partial charge in [0.1, 0.15) is 0 Å². The molecular weight excluding hydrogens is 252 g/mol. The van der Waals surface area contributed by atoms with Gasteiger partial charge in [-0.2, -0.15) is 0 Å². The molecule has 0 amide bonds.